The fourth-order valence-electron chi connectivity index (χ4n) is 1.95. The second kappa shape index (κ2) is 3.31. The minimum absolute atomic E-state index is 0.915. The van der Waals surface area contributed by atoms with Crippen molar-refractivity contribution in [1.82, 2.24) is 4.98 Å². The highest BCUT2D eigenvalue weighted by atomic mass is 14.9. The van der Waals surface area contributed by atoms with Gasteiger partial charge in [0, 0.05) is 29.7 Å². The van der Waals surface area contributed by atoms with E-state index >= 15 is 0 Å². The maximum atomic E-state index is 3.38. The van der Waals surface area contributed by atoms with E-state index in [1.165, 1.54) is 16.8 Å². The maximum Gasteiger partial charge on any atom is 0.0419 e. The Bertz CT molecular complexity index is 495. The first kappa shape index (κ1) is 8.36. The van der Waals surface area contributed by atoms with E-state index in [4.69, 9.17) is 0 Å². The molecule has 2 N–H and O–H groups in total. The van der Waals surface area contributed by atoms with E-state index in [1.807, 2.05) is 12.3 Å². The molecular weight excluding hydrogens is 184 g/mol. The summed E-state index contributed by atoms with van der Waals surface area (Å²) in [6.07, 6.45) is 4.14. The van der Waals surface area contributed by atoms with Crippen molar-refractivity contribution < 1.29 is 0 Å². The second-order valence-corrected chi connectivity index (χ2v) is 3.69. The van der Waals surface area contributed by atoms with Crippen molar-refractivity contribution in [1.29, 1.82) is 0 Å². The number of fused-ring (bicyclic) bond motifs is 1. The van der Waals surface area contributed by atoms with Gasteiger partial charge in [-0.05, 0) is 29.8 Å². The van der Waals surface area contributed by atoms with Gasteiger partial charge in [0.05, 0.1) is 0 Å². The van der Waals surface area contributed by atoms with Crippen molar-refractivity contribution in [3.05, 3.63) is 53.9 Å². The molecule has 2 heterocycles. The first-order chi connectivity index (χ1) is 7.43. The Kier molecular flexibility index (Phi) is 1.85. The Labute approximate surface area is 88.6 Å². The molecule has 2 nitrogen and oxygen atoms in total. The van der Waals surface area contributed by atoms with Crippen LogP contribution in [0.1, 0.15) is 11.3 Å². The number of para-hydroxylation sites is 1. The zero-order valence-corrected chi connectivity index (χ0v) is 8.33. The van der Waals surface area contributed by atoms with Gasteiger partial charge >= 0.3 is 0 Å². The minimum atomic E-state index is 0.915. The highest BCUT2D eigenvalue weighted by Crippen LogP contribution is 2.31. The van der Waals surface area contributed by atoms with Gasteiger partial charge in [-0.1, -0.05) is 18.2 Å². The van der Waals surface area contributed by atoms with Crippen molar-refractivity contribution in [2.24, 2.45) is 0 Å². The summed E-state index contributed by atoms with van der Waals surface area (Å²) in [5.41, 5.74) is 5.04. The van der Waals surface area contributed by atoms with Crippen molar-refractivity contribution in [3.63, 3.8) is 0 Å². The van der Waals surface area contributed by atoms with Crippen LogP contribution in [0.15, 0.2) is 42.6 Å². The Morgan fingerprint density at radius 1 is 1.07 bits per heavy atom. The summed E-state index contributed by atoms with van der Waals surface area (Å²) in [6.45, 7) is 0.915. The molecule has 3 rings (SSSR count). The summed E-state index contributed by atoms with van der Waals surface area (Å²) in [4.78, 5) is 3.19. The maximum absolute atomic E-state index is 3.38. The first-order valence-electron chi connectivity index (χ1n) is 5.11. The third kappa shape index (κ3) is 1.44. The topological polar surface area (TPSA) is 27.8 Å². The van der Waals surface area contributed by atoms with Crippen molar-refractivity contribution in [2.45, 2.75) is 0 Å². The van der Waals surface area contributed by atoms with Gasteiger partial charge in [-0.2, -0.15) is 0 Å². The standard InChI is InChI=1S/C13H12N2/c1-2-6-13-12(5-1)10(9-15-13)8-11-4-3-7-14-11/h1-8,14-15H,9H2/b10-8+. The Hall–Kier alpha value is -1.96. The average Bonchev–Trinajstić information content (AvgIpc) is 2.89. The lowest BCUT2D eigenvalue weighted by atomic mass is 10.1. The number of nitrogens with one attached hydrogen (secondary N) is 2. The van der Waals surface area contributed by atoms with Crippen LogP contribution in [0.3, 0.4) is 0 Å². The molecule has 0 saturated carbocycles. The van der Waals surface area contributed by atoms with Gasteiger partial charge in [0.15, 0.2) is 0 Å². The molecule has 2 aromatic rings. The van der Waals surface area contributed by atoms with Gasteiger partial charge in [0.1, 0.15) is 0 Å². The largest absolute Gasteiger partial charge is 0.380 e. The monoisotopic (exact) mass is 196 g/mol. The molecule has 74 valence electrons. The molecular formula is C13H12N2. The molecule has 0 aliphatic carbocycles. The minimum Gasteiger partial charge on any atom is -0.380 e. The van der Waals surface area contributed by atoms with E-state index in [9.17, 15) is 0 Å². The molecule has 1 aromatic carbocycles. The fourth-order valence-corrected chi connectivity index (χ4v) is 1.95. The van der Waals surface area contributed by atoms with Gasteiger partial charge in [-0.25, -0.2) is 0 Å². The van der Waals surface area contributed by atoms with Gasteiger partial charge in [0.2, 0.25) is 0 Å². The van der Waals surface area contributed by atoms with Gasteiger partial charge in [0.25, 0.3) is 0 Å². The summed E-state index contributed by atoms with van der Waals surface area (Å²) < 4.78 is 0. The van der Waals surface area contributed by atoms with E-state index in [0.29, 0.717) is 0 Å². The van der Waals surface area contributed by atoms with Gasteiger partial charge in [-0.15, -0.1) is 0 Å². The molecule has 0 atom stereocenters. The van der Waals surface area contributed by atoms with E-state index in [-0.39, 0.29) is 0 Å². The Morgan fingerprint density at radius 3 is 2.87 bits per heavy atom. The average molecular weight is 196 g/mol. The predicted molar refractivity (Wildman–Crippen MR) is 63.6 cm³/mol. The molecule has 1 aliphatic rings. The molecule has 2 heteroatoms. The molecule has 0 bridgehead atoms. The summed E-state index contributed by atoms with van der Waals surface area (Å²) in [5.74, 6) is 0. The highest BCUT2D eigenvalue weighted by molar-refractivity contribution is 5.92. The molecule has 1 aromatic heterocycles. The molecule has 0 unspecified atom stereocenters. The normalized spacial score (nSPS) is 16.4. The molecule has 0 saturated heterocycles. The SMILES string of the molecule is C(=C1/CNc2ccccc21)/c1ccc[nH]1. The highest BCUT2D eigenvalue weighted by Gasteiger charge is 2.13. The Balaban J connectivity index is 2.04. The lowest BCUT2D eigenvalue weighted by molar-refractivity contribution is 1.37. The van der Waals surface area contributed by atoms with E-state index in [1.54, 1.807) is 0 Å². The fraction of sp³-hybridized carbons (Fsp3) is 0.0769. The van der Waals surface area contributed by atoms with Crippen LogP contribution in [-0.4, -0.2) is 11.5 Å². The second-order valence-electron chi connectivity index (χ2n) is 3.69. The molecule has 0 amide bonds. The van der Waals surface area contributed by atoms with Crippen LogP contribution in [0.2, 0.25) is 0 Å². The smallest absolute Gasteiger partial charge is 0.0419 e. The van der Waals surface area contributed by atoms with Crippen LogP contribution in [0.25, 0.3) is 11.6 Å². The predicted octanol–water partition coefficient (Wildman–Crippen LogP) is 2.98. The lowest BCUT2D eigenvalue weighted by Crippen LogP contribution is -1.91. The molecule has 0 fully saturated rings. The van der Waals surface area contributed by atoms with Gasteiger partial charge < -0.3 is 10.3 Å². The molecule has 0 spiro atoms. The van der Waals surface area contributed by atoms with E-state index in [0.717, 1.165) is 12.2 Å². The number of rotatable bonds is 1. The van der Waals surface area contributed by atoms with E-state index < -0.39 is 0 Å². The summed E-state index contributed by atoms with van der Waals surface area (Å²) in [7, 11) is 0. The van der Waals surface area contributed by atoms with Crippen molar-refractivity contribution >= 4 is 17.3 Å². The first-order valence-corrected chi connectivity index (χ1v) is 5.11. The third-order valence-corrected chi connectivity index (χ3v) is 2.69. The van der Waals surface area contributed by atoms with Crippen LogP contribution in [0.5, 0.6) is 0 Å². The number of hydrogen-bond donors (Lipinski definition) is 2. The van der Waals surface area contributed by atoms with Gasteiger partial charge in [-0.3, -0.25) is 0 Å². The number of anilines is 1. The quantitative estimate of drug-likeness (QED) is 0.721. The Morgan fingerprint density at radius 2 is 2.00 bits per heavy atom. The summed E-state index contributed by atoms with van der Waals surface area (Å²) in [6, 6.07) is 12.5. The van der Waals surface area contributed by atoms with Crippen LogP contribution < -0.4 is 5.32 Å². The van der Waals surface area contributed by atoms with E-state index in [2.05, 4.69) is 46.7 Å². The van der Waals surface area contributed by atoms with Crippen molar-refractivity contribution in [3.8, 4) is 0 Å². The number of hydrogen-bond acceptors (Lipinski definition) is 1. The lowest BCUT2D eigenvalue weighted by Gasteiger charge is -1.97. The van der Waals surface area contributed by atoms with Crippen LogP contribution in [0, 0.1) is 0 Å². The molecule has 1 aliphatic heterocycles. The van der Waals surface area contributed by atoms with Crippen LogP contribution in [-0.2, 0) is 0 Å². The molecule has 15 heavy (non-hydrogen) atoms. The zero-order valence-electron chi connectivity index (χ0n) is 8.33. The summed E-state index contributed by atoms with van der Waals surface area (Å²) in [5, 5.41) is 3.38. The number of aromatic nitrogens is 1. The number of benzene rings is 1. The molecule has 0 radical (unpaired) electrons. The van der Waals surface area contributed by atoms with Crippen LogP contribution >= 0.6 is 0 Å². The third-order valence-electron chi connectivity index (χ3n) is 2.69. The number of aromatic amines is 1. The van der Waals surface area contributed by atoms with Crippen molar-refractivity contribution in [2.75, 3.05) is 11.9 Å². The number of H-pyrrole nitrogens is 1. The van der Waals surface area contributed by atoms with Crippen LogP contribution in [0.4, 0.5) is 5.69 Å². The summed E-state index contributed by atoms with van der Waals surface area (Å²) >= 11 is 0. The zero-order chi connectivity index (χ0) is 10.1.